The van der Waals surface area contributed by atoms with Crippen LogP contribution in [0.25, 0.3) is 0 Å². The molecule has 5 heteroatoms. The maximum atomic E-state index is 11.8. The van der Waals surface area contributed by atoms with Gasteiger partial charge in [0.1, 0.15) is 0 Å². The van der Waals surface area contributed by atoms with Gasteiger partial charge in [-0.1, -0.05) is 44.2 Å². The van der Waals surface area contributed by atoms with Crippen molar-refractivity contribution >= 4 is 9.84 Å². The molecule has 2 rings (SSSR count). The average molecular weight is 339 g/mol. The molecule has 0 unspecified atom stereocenters. The summed E-state index contributed by atoms with van der Waals surface area (Å²) < 4.78 is 23.7. The summed E-state index contributed by atoms with van der Waals surface area (Å²) in [4.78, 5) is 4.80. The highest BCUT2D eigenvalue weighted by atomic mass is 32.2. The Morgan fingerprint density at radius 2 is 1.78 bits per heavy atom. The smallest absolute Gasteiger partial charge is 0.151 e. The average Bonchev–Trinajstić information content (AvgIpc) is 2.91. The van der Waals surface area contributed by atoms with Crippen LogP contribution in [0.15, 0.2) is 30.3 Å². The Kier molecular flexibility index (Phi) is 7.06. The van der Waals surface area contributed by atoms with E-state index in [4.69, 9.17) is 0 Å². The molecule has 4 nitrogen and oxygen atoms in total. The van der Waals surface area contributed by atoms with E-state index in [1.807, 2.05) is 6.07 Å². The number of nitrogens with zero attached hydrogens (tertiary/aromatic N) is 2. The molecular weight excluding hydrogens is 308 g/mol. The van der Waals surface area contributed by atoms with Gasteiger partial charge in [0, 0.05) is 19.1 Å². The summed E-state index contributed by atoms with van der Waals surface area (Å²) in [6, 6.07) is 10.6. The van der Waals surface area contributed by atoms with Crippen molar-refractivity contribution in [2.45, 2.75) is 39.3 Å². The van der Waals surface area contributed by atoms with E-state index in [0.29, 0.717) is 11.5 Å². The Morgan fingerprint density at radius 3 is 2.35 bits per heavy atom. The van der Waals surface area contributed by atoms with Gasteiger partial charge >= 0.3 is 0 Å². The van der Waals surface area contributed by atoms with Crippen molar-refractivity contribution in [3.05, 3.63) is 35.9 Å². The van der Waals surface area contributed by atoms with E-state index in [0.717, 1.165) is 45.6 Å². The minimum atomic E-state index is -2.84. The van der Waals surface area contributed by atoms with Crippen molar-refractivity contribution in [2.24, 2.45) is 0 Å². The van der Waals surface area contributed by atoms with E-state index in [-0.39, 0.29) is 6.04 Å². The molecular formula is C18H30N2O2S. The molecule has 0 amide bonds. The van der Waals surface area contributed by atoms with Crippen LogP contribution in [0.4, 0.5) is 0 Å². The van der Waals surface area contributed by atoms with Crippen LogP contribution >= 0.6 is 0 Å². The standard InChI is InChI=1S/C18H30N2O2S/c1-3-19(4-2)12-8-13-20(15-17-9-6-5-7-10-17)18-11-14-23(21,22)16-18/h5-7,9-10,18H,3-4,8,11-16H2,1-2H3/t18-/m1/s1. The van der Waals surface area contributed by atoms with E-state index < -0.39 is 9.84 Å². The lowest BCUT2D eigenvalue weighted by atomic mass is 10.1. The number of hydrogen-bond acceptors (Lipinski definition) is 4. The molecule has 130 valence electrons. The van der Waals surface area contributed by atoms with Gasteiger partial charge in [-0.15, -0.1) is 0 Å². The second-order valence-corrected chi connectivity index (χ2v) is 8.62. The van der Waals surface area contributed by atoms with Gasteiger partial charge in [-0.2, -0.15) is 0 Å². The highest BCUT2D eigenvalue weighted by Crippen LogP contribution is 2.20. The molecule has 1 aromatic carbocycles. The first kappa shape index (κ1) is 18.4. The van der Waals surface area contributed by atoms with Crippen LogP contribution in [0.5, 0.6) is 0 Å². The second-order valence-electron chi connectivity index (χ2n) is 6.39. The Morgan fingerprint density at radius 1 is 1.09 bits per heavy atom. The minimum absolute atomic E-state index is 0.178. The second kappa shape index (κ2) is 8.81. The third kappa shape index (κ3) is 5.90. The molecule has 0 aromatic heterocycles. The molecule has 1 saturated heterocycles. The third-order valence-corrected chi connectivity index (χ3v) is 6.52. The first-order valence-corrected chi connectivity index (χ1v) is 10.6. The summed E-state index contributed by atoms with van der Waals surface area (Å²) in [7, 11) is -2.84. The van der Waals surface area contributed by atoms with E-state index in [2.05, 4.69) is 47.9 Å². The van der Waals surface area contributed by atoms with Gasteiger partial charge in [-0.3, -0.25) is 4.90 Å². The SMILES string of the molecule is CCN(CC)CCCN(Cc1ccccc1)[C@@H]1CCS(=O)(=O)C1. The largest absolute Gasteiger partial charge is 0.304 e. The summed E-state index contributed by atoms with van der Waals surface area (Å²) in [5.41, 5.74) is 1.26. The minimum Gasteiger partial charge on any atom is -0.304 e. The maximum absolute atomic E-state index is 11.8. The van der Waals surface area contributed by atoms with Gasteiger partial charge in [-0.05, 0) is 38.0 Å². The van der Waals surface area contributed by atoms with Gasteiger partial charge in [0.25, 0.3) is 0 Å². The number of sulfone groups is 1. The monoisotopic (exact) mass is 338 g/mol. The van der Waals surface area contributed by atoms with Gasteiger partial charge in [-0.25, -0.2) is 8.42 Å². The number of rotatable bonds is 9. The predicted molar refractivity (Wildman–Crippen MR) is 96.3 cm³/mol. The molecule has 1 fully saturated rings. The first-order valence-electron chi connectivity index (χ1n) is 8.74. The van der Waals surface area contributed by atoms with Crippen LogP contribution in [0.3, 0.4) is 0 Å². The van der Waals surface area contributed by atoms with Gasteiger partial charge in [0.05, 0.1) is 11.5 Å². The van der Waals surface area contributed by atoms with Crippen LogP contribution < -0.4 is 0 Å². The maximum Gasteiger partial charge on any atom is 0.151 e. The Labute approximate surface area is 141 Å². The highest BCUT2D eigenvalue weighted by Gasteiger charge is 2.32. The zero-order chi connectivity index (χ0) is 16.7. The Balaban J connectivity index is 1.97. The van der Waals surface area contributed by atoms with Crippen LogP contribution in [-0.2, 0) is 16.4 Å². The van der Waals surface area contributed by atoms with E-state index in [1.165, 1.54) is 5.56 Å². The van der Waals surface area contributed by atoms with E-state index in [1.54, 1.807) is 0 Å². The molecule has 1 aliphatic rings. The molecule has 1 atom stereocenters. The quantitative estimate of drug-likeness (QED) is 0.693. The molecule has 1 heterocycles. The fourth-order valence-electron chi connectivity index (χ4n) is 3.31. The van der Waals surface area contributed by atoms with E-state index in [9.17, 15) is 8.42 Å². The molecule has 0 N–H and O–H groups in total. The molecule has 0 bridgehead atoms. The van der Waals surface area contributed by atoms with Crippen molar-refractivity contribution in [2.75, 3.05) is 37.7 Å². The lowest BCUT2D eigenvalue weighted by Gasteiger charge is -2.29. The summed E-state index contributed by atoms with van der Waals surface area (Å²) in [6.07, 6.45) is 1.87. The lowest BCUT2D eigenvalue weighted by molar-refractivity contribution is 0.186. The van der Waals surface area contributed by atoms with Crippen molar-refractivity contribution in [1.82, 2.24) is 9.80 Å². The molecule has 1 aromatic rings. The topological polar surface area (TPSA) is 40.6 Å². The predicted octanol–water partition coefficient (Wildman–Crippen LogP) is 2.41. The molecule has 0 spiro atoms. The van der Waals surface area contributed by atoms with Crippen molar-refractivity contribution in [3.8, 4) is 0 Å². The normalized spacial score (nSPS) is 20.4. The third-order valence-electron chi connectivity index (χ3n) is 4.77. The van der Waals surface area contributed by atoms with Crippen molar-refractivity contribution in [3.63, 3.8) is 0 Å². The lowest BCUT2D eigenvalue weighted by Crippen LogP contribution is -2.38. The fraction of sp³-hybridized carbons (Fsp3) is 0.667. The van der Waals surface area contributed by atoms with Crippen LogP contribution in [0.1, 0.15) is 32.3 Å². The molecule has 23 heavy (non-hydrogen) atoms. The Bertz CT molecular complexity index is 556. The van der Waals surface area contributed by atoms with Crippen molar-refractivity contribution < 1.29 is 8.42 Å². The van der Waals surface area contributed by atoms with Crippen molar-refractivity contribution in [1.29, 1.82) is 0 Å². The molecule has 1 aliphatic heterocycles. The van der Waals surface area contributed by atoms with Gasteiger partial charge in [0.2, 0.25) is 0 Å². The molecule has 0 saturated carbocycles. The summed E-state index contributed by atoms with van der Waals surface area (Å²) in [6.45, 7) is 9.42. The Hall–Kier alpha value is -0.910. The van der Waals surface area contributed by atoms with E-state index >= 15 is 0 Å². The highest BCUT2D eigenvalue weighted by molar-refractivity contribution is 7.91. The summed E-state index contributed by atoms with van der Waals surface area (Å²) in [5, 5.41) is 0. The zero-order valence-electron chi connectivity index (χ0n) is 14.4. The molecule has 0 aliphatic carbocycles. The molecule has 0 radical (unpaired) electrons. The number of hydrogen-bond donors (Lipinski definition) is 0. The number of benzene rings is 1. The first-order chi connectivity index (χ1) is 11.0. The zero-order valence-corrected chi connectivity index (χ0v) is 15.3. The van der Waals surface area contributed by atoms with Crippen LogP contribution in [-0.4, -0.2) is 61.9 Å². The summed E-state index contributed by atoms with van der Waals surface area (Å²) in [5.74, 6) is 0.671. The van der Waals surface area contributed by atoms with Crippen LogP contribution in [0.2, 0.25) is 0 Å². The summed E-state index contributed by atoms with van der Waals surface area (Å²) >= 11 is 0. The van der Waals surface area contributed by atoms with Gasteiger partial charge < -0.3 is 4.90 Å². The van der Waals surface area contributed by atoms with Gasteiger partial charge in [0.15, 0.2) is 9.84 Å². The van der Waals surface area contributed by atoms with Crippen LogP contribution in [0, 0.1) is 0 Å². The fourth-order valence-corrected chi connectivity index (χ4v) is 5.07.